The predicted octanol–water partition coefficient (Wildman–Crippen LogP) is 3.62. The summed E-state index contributed by atoms with van der Waals surface area (Å²) in [7, 11) is 1.59. The number of hydrogen-bond donors (Lipinski definition) is 0. The van der Waals surface area contributed by atoms with E-state index in [0.29, 0.717) is 24.8 Å². The molecule has 0 bridgehead atoms. The first-order chi connectivity index (χ1) is 15.1. The molecule has 0 atom stereocenters. The van der Waals surface area contributed by atoms with Gasteiger partial charge in [0, 0.05) is 20.1 Å². The molecule has 0 saturated carbocycles. The van der Waals surface area contributed by atoms with Gasteiger partial charge in [-0.1, -0.05) is 30.3 Å². The van der Waals surface area contributed by atoms with Crippen LogP contribution >= 0.6 is 0 Å². The molecule has 1 aromatic carbocycles. The van der Waals surface area contributed by atoms with Crippen molar-refractivity contribution in [3.8, 4) is 0 Å². The van der Waals surface area contributed by atoms with E-state index in [9.17, 15) is 14.9 Å². The van der Waals surface area contributed by atoms with E-state index in [1.165, 1.54) is 16.8 Å². The zero-order valence-electron chi connectivity index (χ0n) is 19.2. The molecule has 2 heterocycles. The van der Waals surface area contributed by atoms with Crippen molar-refractivity contribution in [3.05, 3.63) is 52.3 Å². The van der Waals surface area contributed by atoms with Crippen molar-refractivity contribution in [2.24, 2.45) is 5.92 Å². The van der Waals surface area contributed by atoms with Crippen LogP contribution < -0.4 is 9.80 Å². The zero-order valence-corrected chi connectivity index (χ0v) is 19.2. The number of nitrogens with zero attached hydrogens (tertiary/aromatic N) is 5. The number of anilines is 2. The van der Waals surface area contributed by atoms with Gasteiger partial charge in [-0.3, -0.25) is 14.9 Å². The third-order valence-corrected chi connectivity index (χ3v) is 5.40. The summed E-state index contributed by atoms with van der Waals surface area (Å²) in [5.41, 5.74) is 0.496. The topological polar surface area (TPSA) is 102 Å². The van der Waals surface area contributed by atoms with Crippen LogP contribution in [0.3, 0.4) is 0 Å². The van der Waals surface area contributed by atoms with Crippen molar-refractivity contribution in [2.75, 3.05) is 36.5 Å². The Morgan fingerprint density at radius 3 is 2.47 bits per heavy atom. The fourth-order valence-corrected chi connectivity index (χ4v) is 3.97. The minimum atomic E-state index is -0.634. The van der Waals surface area contributed by atoms with Crippen molar-refractivity contribution in [2.45, 2.75) is 45.6 Å². The summed E-state index contributed by atoms with van der Waals surface area (Å²) >= 11 is 0. The van der Waals surface area contributed by atoms with Gasteiger partial charge in [0.05, 0.1) is 4.92 Å². The van der Waals surface area contributed by atoms with Gasteiger partial charge in [-0.05, 0) is 51.5 Å². The summed E-state index contributed by atoms with van der Waals surface area (Å²) in [6.07, 6.45) is 4.18. The van der Waals surface area contributed by atoms with E-state index in [1.54, 1.807) is 27.8 Å². The molecule has 2 aromatic rings. The smallest absolute Gasteiger partial charge is 0.353 e. The van der Waals surface area contributed by atoms with Gasteiger partial charge < -0.3 is 14.5 Å². The molecule has 1 aliphatic rings. The normalized spacial score (nSPS) is 14.8. The summed E-state index contributed by atoms with van der Waals surface area (Å²) in [4.78, 5) is 35.5. The van der Waals surface area contributed by atoms with Crippen LogP contribution in [-0.4, -0.2) is 53.1 Å². The Morgan fingerprint density at radius 1 is 1.22 bits per heavy atom. The summed E-state index contributed by atoms with van der Waals surface area (Å²) in [6.45, 7) is 6.55. The molecule has 1 saturated heterocycles. The molecule has 0 amide bonds. The van der Waals surface area contributed by atoms with E-state index in [4.69, 9.17) is 4.74 Å². The highest BCUT2D eigenvalue weighted by Gasteiger charge is 2.32. The first-order valence-electron chi connectivity index (χ1n) is 10.9. The molecular weight excluding hydrogens is 410 g/mol. The zero-order chi connectivity index (χ0) is 23.3. The highest BCUT2D eigenvalue weighted by Crippen LogP contribution is 2.36. The standard InChI is InChI=1S/C23H31N5O4/c1-23(2,3)32-19(29)15-26(4)21-20(28(30)31)22(25-16-24-21)27-12-10-18(11-13-27)14-17-8-6-5-7-9-17/h5-9,16,18H,10-15H2,1-4H3. The Kier molecular flexibility index (Phi) is 7.27. The Bertz CT molecular complexity index is 937. The largest absolute Gasteiger partial charge is 0.459 e. The summed E-state index contributed by atoms with van der Waals surface area (Å²) in [5.74, 6) is 0.464. The van der Waals surface area contributed by atoms with E-state index in [-0.39, 0.29) is 18.1 Å². The van der Waals surface area contributed by atoms with Crippen LogP contribution in [0.4, 0.5) is 17.3 Å². The number of ether oxygens (including phenoxy) is 1. The number of hydrogen-bond acceptors (Lipinski definition) is 8. The third-order valence-electron chi connectivity index (χ3n) is 5.40. The van der Waals surface area contributed by atoms with Crippen LogP contribution in [0, 0.1) is 16.0 Å². The SMILES string of the molecule is CN(CC(=O)OC(C)(C)C)c1ncnc(N2CCC(Cc3ccccc3)CC2)c1[N+](=O)[O-]. The van der Waals surface area contributed by atoms with E-state index in [2.05, 4.69) is 22.1 Å². The Morgan fingerprint density at radius 2 is 1.88 bits per heavy atom. The van der Waals surface area contributed by atoms with Gasteiger partial charge in [0.1, 0.15) is 18.5 Å². The van der Waals surface area contributed by atoms with Crippen LogP contribution in [-0.2, 0) is 16.0 Å². The molecule has 1 aliphatic heterocycles. The van der Waals surface area contributed by atoms with E-state index in [1.807, 2.05) is 23.1 Å². The lowest BCUT2D eigenvalue weighted by atomic mass is 9.90. The average Bonchev–Trinajstić information content (AvgIpc) is 2.73. The highest BCUT2D eigenvalue weighted by molar-refractivity contribution is 5.79. The predicted molar refractivity (Wildman–Crippen MR) is 123 cm³/mol. The fourth-order valence-electron chi connectivity index (χ4n) is 3.97. The van der Waals surface area contributed by atoms with Gasteiger partial charge in [-0.15, -0.1) is 0 Å². The number of rotatable bonds is 7. The minimum Gasteiger partial charge on any atom is -0.459 e. The Balaban J connectivity index is 1.72. The van der Waals surface area contributed by atoms with Crippen molar-refractivity contribution in [1.82, 2.24) is 9.97 Å². The summed E-state index contributed by atoms with van der Waals surface area (Å²) in [5, 5.41) is 12.0. The first kappa shape index (κ1) is 23.4. The van der Waals surface area contributed by atoms with Gasteiger partial charge >= 0.3 is 11.7 Å². The van der Waals surface area contributed by atoms with Crippen LogP contribution in [0.25, 0.3) is 0 Å². The maximum atomic E-state index is 12.2. The number of piperidine rings is 1. The molecular formula is C23H31N5O4. The molecule has 0 spiro atoms. The maximum absolute atomic E-state index is 12.2. The molecule has 1 fully saturated rings. The second-order valence-corrected chi connectivity index (χ2v) is 9.19. The van der Waals surface area contributed by atoms with Crippen molar-refractivity contribution in [3.63, 3.8) is 0 Å². The van der Waals surface area contributed by atoms with E-state index < -0.39 is 16.5 Å². The van der Waals surface area contributed by atoms with Crippen molar-refractivity contribution in [1.29, 1.82) is 0 Å². The molecule has 1 aromatic heterocycles. The van der Waals surface area contributed by atoms with Gasteiger partial charge in [-0.2, -0.15) is 0 Å². The van der Waals surface area contributed by atoms with Crippen LogP contribution in [0.2, 0.25) is 0 Å². The lowest BCUT2D eigenvalue weighted by molar-refractivity contribution is -0.383. The number of esters is 1. The van der Waals surface area contributed by atoms with Gasteiger partial charge in [-0.25, -0.2) is 9.97 Å². The molecule has 9 nitrogen and oxygen atoms in total. The second kappa shape index (κ2) is 9.93. The average molecular weight is 442 g/mol. The van der Waals surface area contributed by atoms with Crippen molar-refractivity contribution >= 4 is 23.3 Å². The first-order valence-corrected chi connectivity index (χ1v) is 10.9. The molecule has 0 N–H and O–H groups in total. The third kappa shape index (κ3) is 6.15. The van der Waals surface area contributed by atoms with E-state index >= 15 is 0 Å². The van der Waals surface area contributed by atoms with Crippen molar-refractivity contribution < 1.29 is 14.5 Å². The highest BCUT2D eigenvalue weighted by atomic mass is 16.6. The Labute approximate surface area is 188 Å². The van der Waals surface area contributed by atoms with Crippen LogP contribution in [0.5, 0.6) is 0 Å². The quantitative estimate of drug-likeness (QED) is 0.365. The number of aromatic nitrogens is 2. The second-order valence-electron chi connectivity index (χ2n) is 9.19. The van der Waals surface area contributed by atoms with Crippen LogP contribution in [0.1, 0.15) is 39.2 Å². The van der Waals surface area contributed by atoms with Gasteiger partial charge in [0.15, 0.2) is 0 Å². The lowest BCUT2D eigenvalue weighted by Gasteiger charge is -2.33. The fraction of sp³-hybridized carbons (Fsp3) is 0.522. The monoisotopic (exact) mass is 441 g/mol. The molecule has 3 rings (SSSR count). The number of carbonyl (C=O) groups excluding carboxylic acids is 1. The molecule has 0 unspecified atom stereocenters. The summed E-state index contributed by atoms with van der Waals surface area (Å²) < 4.78 is 5.33. The summed E-state index contributed by atoms with van der Waals surface area (Å²) in [6, 6.07) is 10.4. The number of benzene rings is 1. The molecule has 0 aliphatic carbocycles. The Hall–Kier alpha value is -3.23. The lowest BCUT2D eigenvalue weighted by Crippen LogP contribution is -2.36. The van der Waals surface area contributed by atoms with E-state index in [0.717, 1.165) is 19.3 Å². The van der Waals surface area contributed by atoms with Crippen LogP contribution in [0.15, 0.2) is 36.7 Å². The molecule has 0 radical (unpaired) electrons. The maximum Gasteiger partial charge on any atom is 0.353 e. The number of likely N-dealkylation sites (N-methyl/N-ethyl adjacent to an activating group) is 1. The number of nitro groups is 1. The number of carbonyl (C=O) groups is 1. The van der Waals surface area contributed by atoms with Gasteiger partial charge in [0.25, 0.3) is 0 Å². The molecule has 172 valence electrons. The molecule has 9 heteroatoms. The van der Waals surface area contributed by atoms with Gasteiger partial charge in [0.2, 0.25) is 11.6 Å². The molecule has 32 heavy (non-hydrogen) atoms. The minimum absolute atomic E-state index is 0.109.